The molecule has 5 nitrogen and oxygen atoms in total. The molecule has 0 saturated heterocycles. The molecule has 2 N–H and O–H groups in total. The van der Waals surface area contributed by atoms with Gasteiger partial charge in [-0.15, -0.1) is 0 Å². The molecule has 9 heteroatoms. The summed E-state index contributed by atoms with van der Waals surface area (Å²) in [6.07, 6.45) is 0. The smallest absolute Gasteiger partial charge is 0.482 e. The molecule has 2 rings (SSSR count). The van der Waals surface area contributed by atoms with Gasteiger partial charge in [0.15, 0.2) is 23.1 Å². The first-order valence-corrected chi connectivity index (χ1v) is 6.55. The lowest BCUT2D eigenvalue weighted by Gasteiger charge is -2.13. The average molecular weight is 343 g/mol. The van der Waals surface area contributed by atoms with E-state index in [4.69, 9.17) is 24.3 Å². The summed E-state index contributed by atoms with van der Waals surface area (Å²) >= 11 is 0. The standard InChI is InChI=1S/C15H13F3O3.BH2O2/c1-19-12-6-4-11(17)15(18)10(12)8-21-13-5-3-9(16)7-14(13)20-2;2-1-3/h3-7H,8H2,1-2H3;2-3H. The second-order valence-electron chi connectivity index (χ2n) is 4.24. The number of hydrogen-bond acceptors (Lipinski definition) is 5. The maximum Gasteiger partial charge on any atom is 0.482 e. The van der Waals surface area contributed by atoms with Crippen molar-refractivity contribution in [1.29, 1.82) is 0 Å². The van der Waals surface area contributed by atoms with Gasteiger partial charge in [-0.1, -0.05) is 0 Å². The van der Waals surface area contributed by atoms with E-state index in [1.807, 2.05) is 0 Å². The lowest BCUT2D eigenvalue weighted by Crippen LogP contribution is -2.04. The summed E-state index contributed by atoms with van der Waals surface area (Å²) in [6, 6.07) is 5.93. The predicted molar refractivity (Wildman–Crippen MR) is 80.4 cm³/mol. The SMILES string of the molecule is COc1cc(F)ccc1OCc1c(OC)ccc(F)c1F.O[B]O. The summed E-state index contributed by atoms with van der Waals surface area (Å²) in [4.78, 5) is 0. The van der Waals surface area contributed by atoms with Gasteiger partial charge in [-0.3, -0.25) is 0 Å². The summed E-state index contributed by atoms with van der Waals surface area (Å²) in [6.45, 7) is -0.283. The highest BCUT2D eigenvalue weighted by atomic mass is 19.2. The van der Waals surface area contributed by atoms with Crippen LogP contribution in [0.3, 0.4) is 0 Å². The van der Waals surface area contributed by atoms with Gasteiger partial charge in [0.1, 0.15) is 18.2 Å². The Kier molecular flexibility index (Phi) is 7.94. The molecule has 2 aromatic carbocycles. The third-order valence-electron chi connectivity index (χ3n) is 2.87. The molecule has 0 unspecified atom stereocenters. The highest BCUT2D eigenvalue weighted by molar-refractivity contribution is 6.13. The van der Waals surface area contributed by atoms with Crippen LogP contribution in [0.4, 0.5) is 13.2 Å². The van der Waals surface area contributed by atoms with Gasteiger partial charge in [-0.25, -0.2) is 13.2 Å². The van der Waals surface area contributed by atoms with Crippen LogP contribution in [-0.4, -0.2) is 32.0 Å². The molecule has 0 amide bonds. The Hall–Kier alpha value is -2.39. The van der Waals surface area contributed by atoms with Crippen molar-refractivity contribution in [2.24, 2.45) is 0 Å². The molecule has 2 aromatic rings. The second-order valence-corrected chi connectivity index (χ2v) is 4.24. The lowest BCUT2D eigenvalue weighted by atomic mass is 10.2. The van der Waals surface area contributed by atoms with Gasteiger partial charge in [0.05, 0.1) is 19.8 Å². The van der Waals surface area contributed by atoms with Gasteiger partial charge in [0, 0.05) is 6.07 Å². The van der Waals surface area contributed by atoms with Crippen LogP contribution >= 0.6 is 0 Å². The van der Waals surface area contributed by atoms with Crippen LogP contribution in [0.25, 0.3) is 0 Å². The third-order valence-corrected chi connectivity index (χ3v) is 2.87. The average Bonchev–Trinajstić information content (AvgIpc) is 2.57. The minimum absolute atomic E-state index is 0. The molecule has 0 aromatic heterocycles. The molecule has 0 atom stereocenters. The number of benzene rings is 2. The Bertz CT molecular complexity index is 670. The molecule has 0 aliphatic rings. The quantitative estimate of drug-likeness (QED) is 0.815. The molecule has 1 radical (unpaired) electrons. The molecular formula is C15H15BF3O5. The first kappa shape index (κ1) is 19.7. The molecule has 0 bridgehead atoms. The summed E-state index contributed by atoms with van der Waals surface area (Å²) in [5.41, 5.74) is -0.0659. The zero-order chi connectivity index (χ0) is 18.1. The molecular weight excluding hydrogens is 328 g/mol. The predicted octanol–water partition coefficient (Wildman–Crippen LogP) is 2.21. The Labute approximate surface area is 137 Å². The van der Waals surface area contributed by atoms with Crippen LogP contribution in [0.15, 0.2) is 30.3 Å². The van der Waals surface area contributed by atoms with Gasteiger partial charge in [0.25, 0.3) is 0 Å². The zero-order valence-electron chi connectivity index (χ0n) is 12.9. The fourth-order valence-electron chi connectivity index (χ4n) is 1.81. The molecule has 0 spiro atoms. The molecule has 24 heavy (non-hydrogen) atoms. The van der Waals surface area contributed by atoms with E-state index in [9.17, 15) is 13.2 Å². The van der Waals surface area contributed by atoms with Crippen LogP contribution in [0.1, 0.15) is 5.56 Å². The maximum atomic E-state index is 13.8. The van der Waals surface area contributed by atoms with Crippen LogP contribution < -0.4 is 14.2 Å². The van der Waals surface area contributed by atoms with Gasteiger partial charge in [-0.2, -0.15) is 0 Å². The summed E-state index contributed by atoms with van der Waals surface area (Å²) < 4.78 is 55.4. The summed E-state index contributed by atoms with van der Waals surface area (Å²) in [5.74, 6) is -2.00. The Morgan fingerprint density at radius 2 is 1.50 bits per heavy atom. The van der Waals surface area contributed by atoms with Crippen LogP contribution in [0, 0.1) is 17.5 Å². The minimum atomic E-state index is -1.05. The molecule has 129 valence electrons. The largest absolute Gasteiger partial charge is 0.496 e. The van der Waals surface area contributed by atoms with Gasteiger partial charge >= 0.3 is 7.69 Å². The molecule has 0 heterocycles. The van der Waals surface area contributed by atoms with Crippen molar-refractivity contribution in [3.63, 3.8) is 0 Å². The number of rotatable bonds is 5. The molecule has 0 fully saturated rings. The third kappa shape index (κ3) is 5.07. The Balaban J connectivity index is 0.000000891. The van der Waals surface area contributed by atoms with Crippen molar-refractivity contribution < 1.29 is 37.4 Å². The highest BCUT2D eigenvalue weighted by Gasteiger charge is 2.16. The van der Waals surface area contributed by atoms with Crippen LogP contribution in [-0.2, 0) is 6.61 Å². The number of hydrogen-bond donors (Lipinski definition) is 2. The number of ether oxygens (including phenoxy) is 3. The van der Waals surface area contributed by atoms with E-state index < -0.39 is 17.5 Å². The van der Waals surface area contributed by atoms with Crippen molar-refractivity contribution in [1.82, 2.24) is 0 Å². The van der Waals surface area contributed by atoms with E-state index >= 15 is 0 Å². The topological polar surface area (TPSA) is 68.2 Å². The van der Waals surface area contributed by atoms with Gasteiger partial charge in [0.2, 0.25) is 0 Å². The first-order chi connectivity index (χ1) is 11.5. The monoisotopic (exact) mass is 343 g/mol. The second kappa shape index (κ2) is 9.69. The lowest BCUT2D eigenvalue weighted by molar-refractivity contribution is 0.269. The molecule has 0 saturated carbocycles. The first-order valence-electron chi connectivity index (χ1n) is 6.55. The van der Waals surface area contributed by atoms with Gasteiger partial charge < -0.3 is 24.3 Å². The fourth-order valence-corrected chi connectivity index (χ4v) is 1.81. The maximum absolute atomic E-state index is 13.8. The fraction of sp³-hybridized carbons (Fsp3) is 0.200. The Morgan fingerprint density at radius 3 is 2.08 bits per heavy atom. The van der Waals surface area contributed by atoms with E-state index in [0.29, 0.717) is 0 Å². The van der Waals surface area contributed by atoms with Crippen molar-refractivity contribution >= 4 is 7.69 Å². The summed E-state index contributed by atoms with van der Waals surface area (Å²) in [5, 5.41) is 14.0. The van der Waals surface area contributed by atoms with Crippen molar-refractivity contribution in [3.05, 3.63) is 53.3 Å². The van der Waals surface area contributed by atoms with E-state index in [-0.39, 0.29) is 37.1 Å². The number of halogens is 3. The summed E-state index contributed by atoms with van der Waals surface area (Å²) in [7, 11) is 2.69. The van der Waals surface area contributed by atoms with Crippen molar-refractivity contribution in [3.8, 4) is 17.2 Å². The van der Waals surface area contributed by atoms with E-state index in [0.717, 1.165) is 12.1 Å². The van der Waals surface area contributed by atoms with Crippen LogP contribution in [0.2, 0.25) is 0 Å². The minimum Gasteiger partial charge on any atom is -0.496 e. The van der Waals surface area contributed by atoms with Crippen molar-refractivity contribution in [2.75, 3.05) is 14.2 Å². The van der Waals surface area contributed by atoms with Crippen LogP contribution in [0.5, 0.6) is 17.2 Å². The van der Waals surface area contributed by atoms with Crippen molar-refractivity contribution in [2.45, 2.75) is 6.61 Å². The normalized spacial score (nSPS) is 9.62. The van der Waals surface area contributed by atoms with E-state index in [1.165, 1.54) is 32.4 Å². The zero-order valence-corrected chi connectivity index (χ0v) is 12.9. The highest BCUT2D eigenvalue weighted by Crippen LogP contribution is 2.30. The molecule has 0 aliphatic carbocycles. The molecule has 0 aliphatic heterocycles. The van der Waals surface area contributed by atoms with E-state index in [2.05, 4.69) is 0 Å². The Morgan fingerprint density at radius 1 is 0.917 bits per heavy atom. The van der Waals surface area contributed by atoms with E-state index in [1.54, 1.807) is 0 Å². The number of methoxy groups -OCH3 is 2. The van der Waals surface area contributed by atoms with Gasteiger partial charge in [-0.05, 0) is 24.3 Å².